The molecule has 8 rings (SSSR count). The first-order chi connectivity index (χ1) is 35.7. The largest absolute Gasteiger partial charge is 0.478 e. The van der Waals surface area contributed by atoms with Crippen molar-refractivity contribution in [1.82, 2.24) is 14.5 Å². The molecule has 0 radical (unpaired) electrons. The van der Waals surface area contributed by atoms with Crippen molar-refractivity contribution in [2.45, 2.75) is 142 Å². The van der Waals surface area contributed by atoms with E-state index in [0.717, 1.165) is 109 Å². The topological polar surface area (TPSA) is 155 Å². The third-order valence-corrected chi connectivity index (χ3v) is 14.1. The van der Waals surface area contributed by atoms with Gasteiger partial charge in [0.1, 0.15) is 0 Å². The van der Waals surface area contributed by atoms with Crippen LogP contribution in [0.25, 0.3) is 21.8 Å². The number of nitrogens with two attached hydrogens (primary N) is 1. The van der Waals surface area contributed by atoms with E-state index in [1.54, 1.807) is 13.1 Å². The van der Waals surface area contributed by atoms with Crippen LogP contribution >= 0.6 is 0 Å². The molecule has 6 aromatic rings. The number of hydrogen-bond donors (Lipinski definition) is 3. The number of aromatic nitrogens is 2. The molecule has 0 saturated heterocycles. The third kappa shape index (κ3) is 15.7. The Morgan fingerprint density at radius 2 is 0.987 bits per heavy atom. The summed E-state index contributed by atoms with van der Waals surface area (Å²) in [5.74, 6) is -0.586. The SMILES string of the molecule is CCOC(=O)CC1CCC(N)CC1.CCOC(=O)CC1CCC(NC(=O)c2cn(CC)c3cccc(Cc4ccc(C(F)(F)F)cc4)c23)CC1.CCn1cc(C(=O)O)c2c(Cc3ccc(C(F)(F)F)cc3)cccc21. The lowest BCUT2D eigenvalue weighted by Crippen LogP contribution is -2.38. The molecule has 17 heteroatoms. The van der Waals surface area contributed by atoms with Crippen molar-refractivity contribution in [3.63, 3.8) is 0 Å². The molecule has 2 saturated carbocycles. The molecule has 2 aromatic heterocycles. The van der Waals surface area contributed by atoms with Crippen molar-refractivity contribution < 1.29 is 60.1 Å². The molecule has 0 unspecified atom stereocenters. The summed E-state index contributed by atoms with van der Waals surface area (Å²) in [6.45, 7) is 9.77. The maximum absolute atomic E-state index is 13.4. The number of fused-ring (bicyclic) bond motifs is 2. The molecular formula is C58H68F6N4O7. The predicted molar refractivity (Wildman–Crippen MR) is 276 cm³/mol. The number of carbonyl (C=O) groups is 4. The van der Waals surface area contributed by atoms with E-state index in [-0.39, 0.29) is 35.4 Å². The Morgan fingerprint density at radius 1 is 0.587 bits per heavy atom. The van der Waals surface area contributed by atoms with Crippen LogP contribution in [0.3, 0.4) is 0 Å². The van der Waals surface area contributed by atoms with E-state index in [9.17, 15) is 50.6 Å². The lowest BCUT2D eigenvalue weighted by atomic mass is 9.84. The highest BCUT2D eigenvalue weighted by Gasteiger charge is 2.32. The molecule has 4 N–H and O–H groups in total. The second-order valence-electron chi connectivity index (χ2n) is 19.3. The van der Waals surface area contributed by atoms with E-state index in [4.69, 9.17) is 15.2 Å². The lowest BCUT2D eigenvalue weighted by Gasteiger charge is -2.28. The number of nitrogens with one attached hydrogen (secondary N) is 1. The maximum Gasteiger partial charge on any atom is 0.416 e. The molecule has 2 fully saturated rings. The zero-order chi connectivity index (χ0) is 54.5. The van der Waals surface area contributed by atoms with Crippen molar-refractivity contribution in [2.75, 3.05) is 13.2 Å². The molecule has 0 aliphatic heterocycles. The number of rotatable bonds is 15. The van der Waals surface area contributed by atoms with Crippen LogP contribution in [0, 0.1) is 11.8 Å². The average molecular weight is 1050 g/mol. The van der Waals surface area contributed by atoms with E-state index >= 15 is 0 Å². The minimum absolute atomic E-state index is 0.0352. The van der Waals surface area contributed by atoms with Crippen LogP contribution in [0.15, 0.2) is 97.3 Å². The molecule has 0 bridgehead atoms. The first-order valence-electron chi connectivity index (χ1n) is 25.9. The fraction of sp³-hybridized carbons (Fsp3) is 0.448. The van der Waals surface area contributed by atoms with Gasteiger partial charge in [0.15, 0.2) is 0 Å². The van der Waals surface area contributed by atoms with Crippen molar-refractivity contribution >= 4 is 45.6 Å². The first-order valence-corrected chi connectivity index (χ1v) is 25.9. The van der Waals surface area contributed by atoms with Gasteiger partial charge in [0.05, 0.1) is 35.5 Å². The molecule has 1 amide bonds. The molecule has 0 atom stereocenters. The summed E-state index contributed by atoms with van der Waals surface area (Å²) in [5, 5.41) is 14.1. The summed E-state index contributed by atoms with van der Waals surface area (Å²) in [4.78, 5) is 47.9. The van der Waals surface area contributed by atoms with E-state index in [0.29, 0.717) is 80.5 Å². The number of esters is 2. The number of carbonyl (C=O) groups excluding carboxylic acids is 3. The fourth-order valence-electron chi connectivity index (χ4n) is 10.1. The number of aromatic carboxylic acids is 1. The van der Waals surface area contributed by atoms with Gasteiger partial charge < -0.3 is 34.8 Å². The van der Waals surface area contributed by atoms with E-state index in [1.165, 1.54) is 24.3 Å². The number of aryl methyl sites for hydroxylation is 2. The van der Waals surface area contributed by atoms with Crippen LogP contribution in [-0.2, 0) is 57.3 Å². The number of alkyl halides is 6. The van der Waals surface area contributed by atoms with Crippen LogP contribution in [0.4, 0.5) is 26.3 Å². The van der Waals surface area contributed by atoms with Crippen LogP contribution < -0.4 is 11.1 Å². The number of halogens is 6. The van der Waals surface area contributed by atoms with Crippen molar-refractivity contribution in [3.8, 4) is 0 Å². The summed E-state index contributed by atoms with van der Waals surface area (Å²) in [6, 6.07) is 21.8. The second kappa shape index (κ2) is 26.2. The maximum atomic E-state index is 13.4. The van der Waals surface area contributed by atoms with E-state index in [1.807, 2.05) is 72.5 Å². The normalized spacial score (nSPS) is 17.8. The highest BCUT2D eigenvalue weighted by molar-refractivity contribution is 6.08. The van der Waals surface area contributed by atoms with Crippen molar-refractivity contribution in [1.29, 1.82) is 0 Å². The average Bonchev–Trinajstić information content (AvgIpc) is 3.96. The summed E-state index contributed by atoms with van der Waals surface area (Å²) >= 11 is 0. The predicted octanol–water partition coefficient (Wildman–Crippen LogP) is 12.9. The molecule has 2 aliphatic rings. The highest BCUT2D eigenvalue weighted by atomic mass is 19.4. The molecule has 75 heavy (non-hydrogen) atoms. The smallest absolute Gasteiger partial charge is 0.416 e. The van der Waals surface area contributed by atoms with Crippen LogP contribution in [0.2, 0.25) is 0 Å². The van der Waals surface area contributed by atoms with Crippen LogP contribution in [0.5, 0.6) is 0 Å². The van der Waals surface area contributed by atoms with Gasteiger partial charge in [0.2, 0.25) is 0 Å². The minimum Gasteiger partial charge on any atom is -0.478 e. The molecule has 11 nitrogen and oxygen atoms in total. The molecule has 0 spiro atoms. The molecule has 2 heterocycles. The number of amides is 1. The Hall–Kier alpha value is -6.62. The van der Waals surface area contributed by atoms with E-state index in [2.05, 4.69) is 5.32 Å². The Morgan fingerprint density at radius 3 is 1.37 bits per heavy atom. The number of ether oxygens (including phenoxy) is 2. The second-order valence-corrected chi connectivity index (χ2v) is 19.3. The Labute approximate surface area is 433 Å². The van der Waals surface area contributed by atoms with Gasteiger partial charge >= 0.3 is 30.3 Å². The third-order valence-electron chi connectivity index (χ3n) is 14.1. The van der Waals surface area contributed by atoms with Crippen LogP contribution in [0.1, 0.15) is 146 Å². The standard InChI is InChI=1S/C29H33F3N2O3.C19H16F3NO2.C10H19NO2/c1-3-34-18-24(28(36)33-23-14-10-20(11-15-23)17-26(35)37-4-2)27-21(6-5-7-25(27)34)16-19-8-12-22(13-9-19)29(30,31)32;1-2-23-11-15(18(24)25)17-13(4-3-5-16(17)23)10-12-6-8-14(9-7-12)19(20,21)22;1-2-13-10(12)7-8-3-5-9(11)6-4-8/h5-9,12-13,18,20,23H,3-4,10-11,14-17H2,1-2H3,(H,33,36);3-9,11H,2,10H2,1H3,(H,24,25);8-9H,2-7,11H2,1H3. The van der Waals surface area contributed by atoms with Gasteiger partial charge in [0.25, 0.3) is 5.91 Å². The molecule has 2 aliphatic carbocycles. The molecule has 404 valence electrons. The first kappa shape index (κ1) is 57.7. The number of nitrogens with zero attached hydrogens (tertiary/aromatic N) is 2. The van der Waals surface area contributed by atoms with Gasteiger partial charge in [-0.25, -0.2) is 4.79 Å². The molecular weight excluding hydrogens is 979 g/mol. The van der Waals surface area contributed by atoms with Crippen LogP contribution in [-0.4, -0.2) is 63.4 Å². The fourth-order valence-corrected chi connectivity index (χ4v) is 10.1. The zero-order valence-corrected chi connectivity index (χ0v) is 43.0. The van der Waals surface area contributed by atoms with Gasteiger partial charge in [-0.3, -0.25) is 14.4 Å². The van der Waals surface area contributed by atoms with E-state index < -0.39 is 29.4 Å². The lowest BCUT2D eigenvalue weighted by molar-refractivity contribution is -0.145. The van der Waals surface area contributed by atoms with Gasteiger partial charge in [-0.1, -0.05) is 48.5 Å². The summed E-state index contributed by atoms with van der Waals surface area (Å²) in [5.41, 5.74) is 10.0. The number of carboxylic acids is 1. The van der Waals surface area contributed by atoms with Crippen molar-refractivity contribution in [2.24, 2.45) is 17.6 Å². The Balaban J connectivity index is 0.000000206. The quantitative estimate of drug-likeness (QED) is 0.0678. The molecule has 4 aromatic carbocycles. The van der Waals surface area contributed by atoms with Gasteiger partial charge in [0, 0.05) is 72.2 Å². The summed E-state index contributed by atoms with van der Waals surface area (Å²) in [6.07, 6.45) is 4.13. The summed E-state index contributed by atoms with van der Waals surface area (Å²) in [7, 11) is 0. The Kier molecular flexibility index (Phi) is 20.2. The zero-order valence-electron chi connectivity index (χ0n) is 43.0. The number of hydrogen-bond acceptors (Lipinski definition) is 7. The van der Waals surface area contributed by atoms with Crippen molar-refractivity contribution in [3.05, 3.63) is 142 Å². The van der Waals surface area contributed by atoms with Gasteiger partial charge in [-0.15, -0.1) is 0 Å². The monoisotopic (exact) mass is 1050 g/mol. The van der Waals surface area contributed by atoms with Gasteiger partial charge in [-0.2, -0.15) is 26.3 Å². The summed E-state index contributed by atoms with van der Waals surface area (Å²) < 4.78 is 90.8. The Bertz CT molecular complexity index is 2860. The van der Waals surface area contributed by atoms with Gasteiger partial charge in [-0.05, 0) is 162 Å². The number of benzene rings is 4. The number of carboxylic acid groups (broad SMARTS) is 1. The minimum atomic E-state index is -4.37. The highest BCUT2D eigenvalue weighted by Crippen LogP contribution is 2.34.